The normalized spacial score (nSPS) is 9.80. The van der Waals surface area contributed by atoms with Crippen LogP contribution in [0.2, 0.25) is 0 Å². The molecule has 0 spiro atoms. The van der Waals surface area contributed by atoms with Crippen molar-refractivity contribution in [1.29, 1.82) is 0 Å². The topological polar surface area (TPSA) is 18.5 Å². The van der Waals surface area contributed by atoms with Crippen LogP contribution in [0.25, 0.3) is 0 Å². The van der Waals surface area contributed by atoms with E-state index >= 15 is 0 Å². The molecule has 15 heavy (non-hydrogen) atoms. The maximum Gasteiger partial charge on any atom is 0.161 e. The molecule has 0 heterocycles. The van der Waals surface area contributed by atoms with Crippen LogP contribution in [-0.4, -0.2) is 14.2 Å². The van der Waals surface area contributed by atoms with Crippen molar-refractivity contribution in [3.63, 3.8) is 0 Å². The Morgan fingerprint density at radius 2 is 1.87 bits per heavy atom. The molecule has 0 unspecified atom stereocenters. The third-order valence-electron chi connectivity index (χ3n) is 2.17. The standard InChI is InChI=1S/C12H15BrO2/c1-4-5-6-9-7-11(14-2)12(15-3)8-10(9)13/h4,7-8H,1,5-6H2,2-3H3. The molecule has 1 aromatic rings. The summed E-state index contributed by atoms with van der Waals surface area (Å²) < 4.78 is 11.5. The highest BCUT2D eigenvalue weighted by Crippen LogP contribution is 2.33. The summed E-state index contributed by atoms with van der Waals surface area (Å²) in [6, 6.07) is 3.92. The van der Waals surface area contributed by atoms with Gasteiger partial charge in [0.05, 0.1) is 14.2 Å². The SMILES string of the molecule is C=CCCc1cc(OC)c(OC)cc1Br. The van der Waals surface area contributed by atoms with Gasteiger partial charge in [-0.2, -0.15) is 0 Å². The summed E-state index contributed by atoms with van der Waals surface area (Å²) in [7, 11) is 3.27. The number of benzene rings is 1. The lowest BCUT2D eigenvalue weighted by molar-refractivity contribution is 0.354. The minimum Gasteiger partial charge on any atom is -0.493 e. The highest BCUT2D eigenvalue weighted by Gasteiger charge is 2.08. The minimum absolute atomic E-state index is 0.742. The molecule has 0 bridgehead atoms. The van der Waals surface area contributed by atoms with Gasteiger partial charge in [-0.1, -0.05) is 22.0 Å². The van der Waals surface area contributed by atoms with Crippen LogP contribution in [0, 0.1) is 0 Å². The lowest BCUT2D eigenvalue weighted by atomic mass is 10.1. The molecule has 0 radical (unpaired) electrons. The molecule has 0 N–H and O–H groups in total. The number of aryl methyl sites for hydroxylation is 1. The van der Waals surface area contributed by atoms with Crippen LogP contribution >= 0.6 is 15.9 Å². The molecule has 0 saturated carbocycles. The van der Waals surface area contributed by atoms with Gasteiger partial charge in [-0.05, 0) is 30.5 Å². The predicted molar refractivity (Wildman–Crippen MR) is 65.8 cm³/mol. The Labute approximate surface area is 99.0 Å². The van der Waals surface area contributed by atoms with Gasteiger partial charge in [-0.15, -0.1) is 6.58 Å². The van der Waals surface area contributed by atoms with Crippen LogP contribution in [0.5, 0.6) is 11.5 Å². The Balaban J connectivity index is 3.02. The fourth-order valence-electron chi connectivity index (χ4n) is 1.35. The van der Waals surface area contributed by atoms with Crippen LogP contribution in [0.15, 0.2) is 29.3 Å². The number of allylic oxidation sites excluding steroid dienone is 1. The number of rotatable bonds is 5. The Hall–Kier alpha value is -0.960. The maximum atomic E-state index is 5.24. The van der Waals surface area contributed by atoms with E-state index in [-0.39, 0.29) is 0 Å². The van der Waals surface area contributed by atoms with Crippen molar-refractivity contribution in [2.75, 3.05) is 14.2 Å². The summed E-state index contributed by atoms with van der Waals surface area (Å²) in [5.41, 5.74) is 1.20. The minimum atomic E-state index is 0.742. The van der Waals surface area contributed by atoms with Crippen LogP contribution in [-0.2, 0) is 6.42 Å². The number of ether oxygens (including phenoxy) is 2. The molecule has 0 aromatic heterocycles. The van der Waals surface area contributed by atoms with Gasteiger partial charge >= 0.3 is 0 Å². The first kappa shape index (κ1) is 12.1. The summed E-state index contributed by atoms with van der Waals surface area (Å²) >= 11 is 3.51. The summed E-state index contributed by atoms with van der Waals surface area (Å²) in [4.78, 5) is 0. The van der Waals surface area contributed by atoms with Gasteiger partial charge in [0.2, 0.25) is 0 Å². The van der Waals surface area contributed by atoms with E-state index in [1.807, 2.05) is 18.2 Å². The molecule has 1 aromatic carbocycles. The van der Waals surface area contributed by atoms with Crippen molar-refractivity contribution in [3.8, 4) is 11.5 Å². The van der Waals surface area contributed by atoms with E-state index in [0.717, 1.165) is 28.8 Å². The molecule has 0 saturated heterocycles. The number of hydrogen-bond donors (Lipinski definition) is 0. The Morgan fingerprint density at radius 3 is 2.40 bits per heavy atom. The third kappa shape index (κ3) is 2.99. The molecule has 2 nitrogen and oxygen atoms in total. The van der Waals surface area contributed by atoms with Crippen molar-refractivity contribution < 1.29 is 9.47 Å². The average molecular weight is 271 g/mol. The Bertz CT molecular complexity index is 348. The summed E-state index contributed by atoms with van der Waals surface area (Å²) in [6.45, 7) is 3.71. The fourth-order valence-corrected chi connectivity index (χ4v) is 1.87. The third-order valence-corrected chi connectivity index (χ3v) is 2.91. The van der Waals surface area contributed by atoms with E-state index in [9.17, 15) is 0 Å². The second-order valence-electron chi connectivity index (χ2n) is 3.13. The van der Waals surface area contributed by atoms with E-state index < -0.39 is 0 Å². The molecular weight excluding hydrogens is 256 g/mol. The van der Waals surface area contributed by atoms with Crippen LogP contribution in [0.4, 0.5) is 0 Å². The number of halogens is 1. The van der Waals surface area contributed by atoms with E-state index in [4.69, 9.17) is 9.47 Å². The van der Waals surface area contributed by atoms with Crippen LogP contribution in [0.1, 0.15) is 12.0 Å². The zero-order chi connectivity index (χ0) is 11.3. The van der Waals surface area contributed by atoms with Gasteiger partial charge in [0.1, 0.15) is 0 Å². The fraction of sp³-hybridized carbons (Fsp3) is 0.333. The maximum absolute atomic E-state index is 5.24. The van der Waals surface area contributed by atoms with Gasteiger partial charge in [-0.3, -0.25) is 0 Å². The molecule has 0 aliphatic heterocycles. The zero-order valence-electron chi connectivity index (χ0n) is 9.05. The van der Waals surface area contributed by atoms with E-state index in [1.54, 1.807) is 14.2 Å². The van der Waals surface area contributed by atoms with Gasteiger partial charge < -0.3 is 9.47 Å². The van der Waals surface area contributed by atoms with Gasteiger partial charge in [0, 0.05) is 4.47 Å². The largest absolute Gasteiger partial charge is 0.493 e. The monoisotopic (exact) mass is 270 g/mol. The van der Waals surface area contributed by atoms with Crippen molar-refractivity contribution in [2.45, 2.75) is 12.8 Å². The van der Waals surface area contributed by atoms with Gasteiger partial charge in [0.25, 0.3) is 0 Å². The van der Waals surface area contributed by atoms with E-state index in [0.29, 0.717) is 0 Å². The molecule has 0 atom stereocenters. The first-order chi connectivity index (χ1) is 7.22. The van der Waals surface area contributed by atoms with Crippen LogP contribution < -0.4 is 9.47 Å². The van der Waals surface area contributed by atoms with Gasteiger partial charge in [-0.25, -0.2) is 0 Å². The summed E-state index contributed by atoms with van der Waals surface area (Å²) in [5.74, 6) is 1.51. The molecule has 82 valence electrons. The second-order valence-corrected chi connectivity index (χ2v) is 3.98. The first-order valence-electron chi connectivity index (χ1n) is 4.74. The quantitative estimate of drug-likeness (QED) is 0.762. The highest BCUT2D eigenvalue weighted by molar-refractivity contribution is 9.10. The molecule has 0 aliphatic carbocycles. The summed E-state index contributed by atoms with van der Waals surface area (Å²) in [5, 5.41) is 0. The number of methoxy groups -OCH3 is 2. The van der Waals surface area contributed by atoms with E-state index in [1.165, 1.54) is 5.56 Å². The van der Waals surface area contributed by atoms with Crippen molar-refractivity contribution >= 4 is 15.9 Å². The second kappa shape index (κ2) is 5.81. The molecular formula is C12H15BrO2. The van der Waals surface area contributed by atoms with Crippen molar-refractivity contribution in [2.24, 2.45) is 0 Å². The Morgan fingerprint density at radius 1 is 1.27 bits per heavy atom. The zero-order valence-corrected chi connectivity index (χ0v) is 10.6. The Kier molecular flexibility index (Phi) is 4.69. The number of hydrogen-bond acceptors (Lipinski definition) is 2. The van der Waals surface area contributed by atoms with Gasteiger partial charge in [0.15, 0.2) is 11.5 Å². The average Bonchev–Trinajstić information content (AvgIpc) is 2.27. The molecule has 0 amide bonds. The lowest BCUT2D eigenvalue weighted by Crippen LogP contribution is -1.94. The highest BCUT2D eigenvalue weighted by atomic mass is 79.9. The molecule has 3 heteroatoms. The smallest absolute Gasteiger partial charge is 0.161 e. The molecule has 0 aliphatic rings. The summed E-state index contributed by atoms with van der Waals surface area (Å²) in [6.07, 6.45) is 3.81. The van der Waals surface area contributed by atoms with Crippen molar-refractivity contribution in [1.82, 2.24) is 0 Å². The molecule has 1 rings (SSSR count). The van der Waals surface area contributed by atoms with Crippen molar-refractivity contribution in [3.05, 3.63) is 34.8 Å². The first-order valence-corrected chi connectivity index (χ1v) is 5.53. The van der Waals surface area contributed by atoms with Crippen LogP contribution in [0.3, 0.4) is 0 Å². The lowest BCUT2D eigenvalue weighted by Gasteiger charge is -2.11. The predicted octanol–water partition coefficient (Wildman–Crippen LogP) is 3.58. The van der Waals surface area contributed by atoms with E-state index in [2.05, 4.69) is 22.5 Å². The molecule has 0 fully saturated rings.